The minimum absolute atomic E-state index is 0.313. The molecule has 3 rings (SSSR count). The smallest absolute Gasteiger partial charge is 0.160 e. The van der Waals surface area contributed by atoms with Crippen LogP contribution in [0.1, 0.15) is 19.4 Å². The molecule has 3 heterocycles. The van der Waals surface area contributed by atoms with Crippen LogP contribution >= 0.6 is 11.3 Å². The lowest BCUT2D eigenvalue weighted by molar-refractivity contribution is 0.441. The number of imidazole rings is 1. The summed E-state index contributed by atoms with van der Waals surface area (Å²) >= 11 is 1.68. The first-order valence-electron chi connectivity index (χ1n) is 6.60. The monoisotopic (exact) mass is 286 g/mol. The Bertz CT molecular complexity index is 735. The van der Waals surface area contributed by atoms with Crippen molar-refractivity contribution >= 4 is 22.5 Å². The first-order chi connectivity index (χ1) is 9.44. The van der Waals surface area contributed by atoms with Crippen molar-refractivity contribution in [3.8, 4) is 10.7 Å². The van der Waals surface area contributed by atoms with Crippen molar-refractivity contribution in [1.82, 2.24) is 14.5 Å². The molecule has 0 aliphatic heterocycles. The first-order valence-corrected chi connectivity index (χ1v) is 7.48. The molecule has 0 spiro atoms. The van der Waals surface area contributed by atoms with Crippen molar-refractivity contribution in [1.29, 1.82) is 0 Å². The second-order valence-electron chi connectivity index (χ2n) is 5.84. The fourth-order valence-corrected chi connectivity index (χ4v) is 2.98. The highest BCUT2D eigenvalue weighted by atomic mass is 32.1. The minimum atomic E-state index is -0.313. The van der Waals surface area contributed by atoms with E-state index in [1.54, 1.807) is 11.3 Å². The van der Waals surface area contributed by atoms with Crippen LogP contribution in [0.3, 0.4) is 0 Å². The second kappa shape index (κ2) is 4.68. The standard InChI is InChI=1S/C15H18N4S/c1-10-7-11-13(17-8-10)19(9-15(2,3)16)14(18-11)12-5-4-6-20-12/h4-8H,9,16H2,1-3H3. The number of aromatic nitrogens is 3. The van der Waals surface area contributed by atoms with E-state index >= 15 is 0 Å². The SMILES string of the molecule is Cc1cnc2c(c1)nc(-c1cccs1)n2CC(C)(C)N. The Morgan fingerprint density at radius 2 is 2.20 bits per heavy atom. The van der Waals surface area contributed by atoms with Gasteiger partial charge < -0.3 is 10.3 Å². The van der Waals surface area contributed by atoms with Crippen LogP contribution in [-0.4, -0.2) is 20.1 Å². The van der Waals surface area contributed by atoms with Gasteiger partial charge in [-0.3, -0.25) is 0 Å². The summed E-state index contributed by atoms with van der Waals surface area (Å²) in [7, 11) is 0. The average molecular weight is 286 g/mol. The molecular formula is C15H18N4S. The van der Waals surface area contributed by atoms with Gasteiger partial charge in [-0.1, -0.05) is 6.07 Å². The molecule has 0 aliphatic carbocycles. The van der Waals surface area contributed by atoms with Crippen LogP contribution in [0.25, 0.3) is 21.9 Å². The van der Waals surface area contributed by atoms with Gasteiger partial charge >= 0.3 is 0 Å². The van der Waals surface area contributed by atoms with E-state index in [0.717, 1.165) is 27.4 Å². The number of hydrogen-bond donors (Lipinski definition) is 1. The van der Waals surface area contributed by atoms with Crippen LogP contribution in [0.15, 0.2) is 29.8 Å². The third-order valence-electron chi connectivity index (χ3n) is 3.03. The van der Waals surface area contributed by atoms with Gasteiger partial charge in [0.05, 0.1) is 4.88 Å². The van der Waals surface area contributed by atoms with Crippen LogP contribution in [-0.2, 0) is 6.54 Å². The van der Waals surface area contributed by atoms with Gasteiger partial charge in [0.25, 0.3) is 0 Å². The zero-order valence-corrected chi connectivity index (χ0v) is 12.7. The number of hydrogen-bond acceptors (Lipinski definition) is 4. The summed E-state index contributed by atoms with van der Waals surface area (Å²) in [6.07, 6.45) is 1.88. The summed E-state index contributed by atoms with van der Waals surface area (Å²) in [4.78, 5) is 10.4. The molecule has 0 saturated heterocycles. The van der Waals surface area contributed by atoms with Crippen LogP contribution < -0.4 is 5.73 Å². The molecule has 104 valence electrons. The number of fused-ring (bicyclic) bond motifs is 1. The van der Waals surface area contributed by atoms with Crippen molar-refractivity contribution in [2.75, 3.05) is 0 Å². The van der Waals surface area contributed by atoms with E-state index in [0.29, 0.717) is 6.54 Å². The summed E-state index contributed by atoms with van der Waals surface area (Å²) < 4.78 is 2.13. The van der Waals surface area contributed by atoms with E-state index in [1.807, 2.05) is 33.0 Å². The first kappa shape index (κ1) is 13.3. The molecule has 20 heavy (non-hydrogen) atoms. The zero-order valence-electron chi connectivity index (χ0n) is 11.9. The topological polar surface area (TPSA) is 56.7 Å². The number of nitrogens with zero attached hydrogens (tertiary/aromatic N) is 3. The summed E-state index contributed by atoms with van der Waals surface area (Å²) in [5, 5.41) is 2.06. The van der Waals surface area contributed by atoms with Gasteiger partial charge in [-0.15, -0.1) is 11.3 Å². The van der Waals surface area contributed by atoms with E-state index < -0.39 is 0 Å². The molecule has 0 aliphatic rings. The fourth-order valence-electron chi connectivity index (χ4n) is 2.26. The highest BCUT2D eigenvalue weighted by Crippen LogP contribution is 2.28. The van der Waals surface area contributed by atoms with Crippen molar-refractivity contribution in [3.05, 3.63) is 35.3 Å². The highest BCUT2D eigenvalue weighted by molar-refractivity contribution is 7.13. The van der Waals surface area contributed by atoms with Gasteiger partial charge in [-0.25, -0.2) is 9.97 Å². The molecule has 0 fully saturated rings. The molecule has 3 aromatic heterocycles. The van der Waals surface area contributed by atoms with Crippen LogP contribution in [0.2, 0.25) is 0 Å². The Hall–Kier alpha value is -1.72. The highest BCUT2D eigenvalue weighted by Gasteiger charge is 2.20. The fraction of sp³-hybridized carbons (Fsp3) is 0.333. The zero-order chi connectivity index (χ0) is 14.3. The molecule has 3 aromatic rings. The summed E-state index contributed by atoms with van der Waals surface area (Å²) in [6.45, 7) is 6.76. The predicted octanol–water partition coefficient (Wildman–Crippen LogP) is 3.21. The number of pyridine rings is 1. The van der Waals surface area contributed by atoms with Gasteiger partial charge in [0.2, 0.25) is 0 Å². The van der Waals surface area contributed by atoms with Crippen molar-refractivity contribution in [2.45, 2.75) is 32.9 Å². The molecule has 0 atom stereocenters. The Labute approximate surface area is 122 Å². The summed E-state index contributed by atoms with van der Waals surface area (Å²) in [6, 6.07) is 6.19. The number of nitrogens with two attached hydrogens (primary N) is 1. The molecule has 0 bridgehead atoms. The molecule has 2 N–H and O–H groups in total. The van der Waals surface area contributed by atoms with Crippen molar-refractivity contribution < 1.29 is 0 Å². The number of aryl methyl sites for hydroxylation is 1. The van der Waals surface area contributed by atoms with E-state index in [4.69, 9.17) is 10.7 Å². The Balaban J connectivity index is 2.24. The van der Waals surface area contributed by atoms with Crippen LogP contribution in [0.5, 0.6) is 0 Å². The molecular weight excluding hydrogens is 268 g/mol. The average Bonchev–Trinajstić information content (AvgIpc) is 2.95. The molecule has 4 nitrogen and oxygen atoms in total. The lowest BCUT2D eigenvalue weighted by Gasteiger charge is -2.20. The second-order valence-corrected chi connectivity index (χ2v) is 6.79. The molecule has 0 aromatic carbocycles. The Morgan fingerprint density at radius 3 is 2.85 bits per heavy atom. The van der Waals surface area contributed by atoms with E-state index in [9.17, 15) is 0 Å². The van der Waals surface area contributed by atoms with Gasteiger partial charge in [0, 0.05) is 18.3 Å². The summed E-state index contributed by atoms with van der Waals surface area (Å²) in [5.74, 6) is 0.951. The van der Waals surface area contributed by atoms with Crippen LogP contribution in [0.4, 0.5) is 0 Å². The molecule has 0 radical (unpaired) electrons. The van der Waals surface area contributed by atoms with Gasteiger partial charge in [0.15, 0.2) is 11.5 Å². The molecule has 0 saturated carbocycles. The number of rotatable bonds is 3. The molecule has 0 amide bonds. The predicted molar refractivity (Wildman–Crippen MR) is 83.8 cm³/mol. The van der Waals surface area contributed by atoms with E-state index in [2.05, 4.69) is 27.1 Å². The Morgan fingerprint density at radius 1 is 1.40 bits per heavy atom. The molecule has 5 heteroatoms. The number of thiophene rings is 1. The summed E-state index contributed by atoms with van der Waals surface area (Å²) in [5.41, 5.74) is 8.83. The van der Waals surface area contributed by atoms with Gasteiger partial charge in [-0.2, -0.15) is 0 Å². The third kappa shape index (κ3) is 2.46. The minimum Gasteiger partial charge on any atom is -0.324 e. The van der Waals surface area contributed by atoms with Crippen LogP contribution in [0, 0.1) is 6.92 Å². The largest absolute Gasteiger partial charge is 0.324 e. The third-order valence-corrected chi connectivity index (χ3v) is 3.89. The maximum absolute atomic E-state index is 6.20. The maximum atomic E-state index is 6.20. The van der Waals surface area contributed by atoms with E-state index in [-0.39, 0.29) is 5.54 Å². The van der Waals surface area contributed by atoms with Gasteiger partial charge in [-0.05, 0) is 43.8 Å². The van der Waals surface area contributed by atoms with Crippen molar-refractivity contribution in [3.63, 3.8) is 0 Å². The quantitative estimate of drug-likeness (QED) is 0.804. The normalized spacial score (nSPS) is 12.2. The molecule has 0 unspecified atom stereocenters. The van der Waals surface area contributed by atoms with Crippen molar-refractivity contribution in [2.24, 2.45) is 5.73 Å². The lowest BCUT2D eigenvalue weighted by Crippen LogP contribution is -2.37. The maximum Gasteiger partial charge on any atom is 0.160 e. The van der Waals surface area contributed by atoms with E-state index in [1.165, 1.54) is 0 Å². The Kier molecular flexibility index (Phi) is 3.11. The van der Waals surface area contributed by atoms with Gasteiger partial charge in [0.1, 0.15) is 5.52 Å². The lowest BCUT2D eigenvalue weighted by atomic mass is 10.1.